The fourth-order valence-corrected chi connectivity index (χ4v) is 7.33. The Morgan fingerprint density at radius 3 is 2.32 bits per heavy atom. The van der Waals surface area contributed by atoms with Crippen LogP contribution in [0.15, 0.2) is 0 Å². The summed E-state index contributed by atoms with van der Waals surface area (Å²) in [5, 5.41) is 21.4. The zero-order valence-corrected chi connectivity index (χ0v) is 21.1. The molecule has 166 valence electrons. The summed E-state index contributed by atoms with van der Waals surface area (Å²) in [6, 6.07) is 0. The van der Waals surface area contributed by atoms with E-state index in [0.717, 1.165) is 32.1 Å². The third kappa shape index (κ3) is 5.22. The van der Waals surface area contributed by atoms with Gasteiger partial charge in [-0.2, -0.15) is 0 Å². The van der Waals surface area contributed by atoms with E-state index in [-0.39, 0.29) is 16.6 Å². The van der Waals surface area contributed by atoms with Crippen molar-refractivity contribution in [1.82, 2.24) is 0 Å². The van der Waals surface area contributed by atoms with Gasteiger partial charge in [-0.1, -0.05) is 53.9 Å². The Morgan fingerprint density at radius 1 is 1.18 bits per heavy atom. The van der Waals surface area contributed by atoms with E-state index < -0.39 is 13.9 Å². The van der Waals surface area contributed by atoms with Crippen molar-refractivity contribution in [1.29, 1.82) is 0 Å². The van der Waals surface area contributed by atoms with Gasteiger partial charge in [-0.3, -0.25) is 0 Å². The molecule has 0 radical (unpaired) electrons. The highest BCUT2D eigenvalue weighted by molar-refractivity contribution is 6.74. The lowest BCUT2D eigenvalue weighted by molar-refractivity contribution is -0.0310. The molecule has 0 unspecified atom stereocenters. The van der Waals surface area contributed by atoms with Crippen LogP contribution in [0.4, 0.5) is 0 Å². The Labute approximate surface area is 175 Å². The average molecular weight is 413 g/mol. The normalized spacial score (nSPS) is 35.7. The highest BCUT2D eigenvalue weighted by Crippen LogP contribution is 2.59. The molecule has 0 bridgehead atoms. The predicted octanol–water partition coefficient (Wildman–Crippen LogP) is 6.14. The van der Waals surface area contributed by atoms with Crippen LogP contribution in [0.5, 0.6) is 0 Å². The highest BCUT2D eigenvalue weighted by atomic mass is 28.4. The molecule has 2 fully saturated rings. The van der Waals surface area contributed by atoms with Gasteiger partial charge in [0.05, 0.1) is 11.7 Å². The van der Waals surface area contributed by atoms with Crippen LogP contribution in [0.2, 0.25) is 18.1 Å². The molecule has 0 saturated heterocycles. The van der Waals surface area contributed by atoms with E-state index in [2.05, 4.69) is 47.7 Å². The van der Waals surface area contributed by atoms with E-state index in [4.69, 9.17) is 4.43 Å². The Bertz CT molecular complexity index is 519. The van der Waals surface area contributed by atoms with Crippen LogP contribution in [0.1, 0.15) is 93.4 Å². The van der Waals surface area contributed by atoms with Gasteiger partial charge in [0.2, 0.25) is 0 Å². The van der Waals surface area contributed by atoms with Gasteiger partial charge in [-0.25, -0.2) is 0 Å². The van der Waals surface area contributed by atoms with Crippen molar-refractivity contribution in [3.8, 4) is 0 Å². The molecule has 0 aromatic heterocycles. The second kappa shape index (κ2) is 8.32. The third-order valence-corrected chi connectivity index (χ3v) is 13.0. The lowest BCUT2D eigenvalue weighted by Gasteiger charge is -2.49. The molecule has 2 N–H and O–H groups in total. The van der Waals surface area contributed by atoms with Gasteiger partial charge in [-0.15, -0.1) is 0 Å². The molecule has 3 nitrogen and oxygen atoms in total. The summed E-state index contributed by atoms with van der Waals surface area (Å²) in [4.78, 5) is 0. The van der Waals surface area contributed by atoms with Crippen molar-refractivity contribution in [2.24, 2.45) is 23.2 Å². The maximum atomic E-state index is 11.1. The minimum atomic E-state index is -1.81. The molecule has 4 heteroatoms. The molecule has 0 heterocycles. The minimum Gasteiger partial charge on any atom is -0.414 e. The number of aliphatic hydroxyl groups is 2. The van der Waals surface area contributed by atoms with Gasteiger partial charge in [0.25, 0.3) is 0 Å². The highest BCUT2D eigenvalue weighted by Gasteiger charge is 2.57. The fraction of sp³-hybridized carbons (Fsp3) is 1.00. The second-order valence-electron chi connectivity index (χ2n) is 12.4. The Hall–Kier alpha value is 0.0969. The van der Waals surface area contributed by atoms with Crippen molar-refractivity contribution in [3.05, 3.63) is 0 Å². The van der Waals surface area contributed by atoms with Gasteiger partial charge in [0.15, 0.2) is 8.32 Å². The third-order valence-electron chi connectivity index (χ3n) is 8.48. The number of rotatable bonds is 7. The minimum absolute atomic E-state index is 0.179. The van der Waals surface area contributed by atoms with E-state index >= 15 is 0 Å². The van der Waals surface area contributed by atoms with E-state index in [1.165, 1.54) is 12.8 Å². The maximum Gasteiger partial charge on any atom is 0.192 e. The monoisotopic (exact) mass is 412 g/mol. The van der Waals surface area contributed by atoms with E-state index in [9.17, 15) is 10.2 Å². The summed E-state index contributed by atoms with van der Waals surface area (Å²) in [7, 11) is -1.81. The van der Waals surface area contributed by atoms with Crippen molar-refractivity contribution >= 4 is 8.32 Å². The van der Waals surface area contributed by atoms with Gasteiger partial charge >= 0.3 is 0 Å². The lowest BCUT2D eigenvalue weighted by atomic mass is 9.61. The molecule has 28 heavy (non-hydrogen) atoms. The molecule has 0 aliphatic heterocycles. The first-order valence-corrected chi connectivity index (χ1v) is 14.6. The molecule has 0 spiro atoms. The zero-order valence-electron chi connectivity index (χ0n) is 20.1. The summed E-state index contributed by atoms with van der Waals surface area (Å²) in [5.41, 5.74) is -0.410. The second-order valence-corrected chi connectivity index (χ2v) is 17.2. The lowest BCUT2D eigenvalue weighted by Crippen LogP contribution is -2.50. The number of hydrogen-bond acceptors (Lipinski definition) is 3. The molecule has 6 atom stereocenters. The Balaban J connectivity index is 2.12. The quantitative estimate of drug-likeness (QED) is 0.494. The first-order valence-electron chi connectivity index (χ1n) is 11.7. The van der Waals surface area contributed by atoms with Crippen LogP contribution in [0, 0.1) is 23.2 Å². The van der Waals surface area contributed by atoms with Crippen molar-refractivity contribution in [3.63, 3.8) is 0 Å². The van der Waals surface area contributed by atoms with Gasteiger partial charge in [0.1, 0.15) is 0 Å². The number of hydrogen-bond donors (Lipinski definition) is 2. The summed E-state index contributed by atoms with van der Waals surface area (Å²) >= 11 is 0. The van der Waals surface area contributed by atoms with Gasteiger partial charge in [0, 0.05) is 6.10 Å². The summed E-state index contributed by atoms with van der Waals surface area (Å²) in [6.07, 6.45) is 7.52. The molecule has 0 aromatic carbocycles. The number of fused-ring (bicyclic) bond motifs is 1. The first kappa shape index (κ1) is 24.4. The first-order chi connectivity index (χ1) is 12.6. The van der Waals surface area contributed by atoms with E-state index in [0.29, 0.717) is 23.9 Å². The van der Waals surface area contributed by atoms with Crippen LogP contribution < -0.4 is 0 Å². The molecule has 0 amide bonds. The summed E-state index contributed by atoms with van der Waals surface area (Å²) < 4.78 is 6.92. The predicted molar refractivity (Wildman–Crippen MR) is 121 cm³/mol. The maximum absolute atomic E-state index is 11.1. The van der Waals surface area contributed by atoms with Crippen LogP contribution in [-0.4, -0.2) is 36.3 Å². The van der Waals surface area contributed by atoms with Crippen LogP contribution >= 0.6 is 0 Å². The Kier molecular flexibility index (Phi) is 7.24. The van der Waals surface area contributed by atoms with Crippen molar-refractivity contribution in [2.75, 3.05) is 0 Å². The average Bonchev–Trinajstić information content (AvgIpc) is 2.75. The Morgan fingerprint density at radius 2 is 1.79 bits per heavy atom. The summed E-state index contributed by atoms with van der Waals surface area (Å²) in [5.74, 6) is 1.32. The van der Waals surface area contributed by atoms with Crippen LogP contribution in [-0.2, 0) is 4.43 Å². The van der Waals surface area contributed by atoms with E-state index in [1.54, 1.807) is 0 Å². The molecular formula is C24H48O3Si. The van der Waals surface area contributed by atoms with Crippen LogP contribution in [0.25, 0.3) is 0 Å². The molecule has 2 saturated carbocycles. The van der Waals surface area contributed by atoms with E-state index in [1.807, 2.05) is 13.8 Å². The number of aliphatic hydroxyl groups excluding tert-OH is 1. The molecule has 2 aliphatic rings. The molecule has 2 aliphatic carbocycles. The molecular weight excluding hydrogens is 364 g/mol. The smallest absolute Gasteiger partial charge is 0.192 e. The fourth-order valence-electron chi connectivity index (χ4n) is 5.94. The zero-order chi connectivity index (χ0) is 21.5. The molecule has 0 aromatic rings. The van der Waals surface area contributed by atoms with Crippen LogP contribution in [0.3, 0.4) is 0 Å². The standard InChI is InChI=1S/C24H48O3Si/c1-17(12-10-14-23(5,6)26)21-19(25)16-18-20(13-11-15-24(18,21)7)27-28(8,9)22(2,3)4/h17-21,25-26H,10-16H2,1-9H3/t17-,18-,19+,20-,21-,24-/m0/s1. The van der Waals surface area contributed by atoms with Crippen molar-refractivity contribution < 1.29 is 14.6 Å². The van der Waals surface area contributed by atoms with Gasteiger partial charge < -0.3 is 14.6 Å². The SMILES string of the molecule is C[C@@H](CCCC(C)(C)O)[C@H]1[C@H](O)C[C@H]2[C@@H](O[Si](C)(C)C(C)(C)C)CCC[C@]12C. The van der Waals surface area contributed by atoms with Gasteiger partial charge in [-0.05, 0) is 80.8 Å². The van der Waals surface area contributed by atoms with Crippen molar-refractivity contribution in [2.45, 2.75) is 129 Å². The molecule has 2 rings (SSSR count). The largest absolute Gasteiger partial charge is 0.414 e. The summed E-state index contributed by atoms with van der Waals surface area (Å²) in [6.45, 7) is 20.2. The topological polar surface area (TPSA) is 49.7 Å².